The minimum Gasteiger partial charge on any atom is -0.487 e. The zero-order valence-corrected chi connectivity index (χ0v) is 22.0. The number of hydrogen-bond acceptors (Lipinski definition) is 8. The number of benzene rings is 1. The van der Waals surface area contributed by atoms with Gasteiger partial charge in [0.2, 0.25) is 0 Å². The van der Waals surface area contributed by atoms with E-state index in [0.717, 1.165) is 12.1 Å². The van der Waals surface area contributed by atoms with Crippen LogP contribution < -0.4 is 9.64 Å². The maximum atomic E-state index is 14.1. The molecule has 0 amide bonds. The predicted molar refractivity (Wildman–Crippen MR) is 138 cm³/mol. The number of rotatable bonds is 7. The molecule has 9 nitrogen and oxygen atoms in total. The van der Waals surface area contributed by atoms with E-state index in [-0.39, 0.29) is 17.5 Å². The predicted octanol–water partition coefficient (Wildman–Crippen LogP) is 4.59. The summed E-state index contributed by atoms with van der Waals surface area (Å²) in [6.07, 6.45) is 4.51. The van der Waals surface area contributed by atoms with Crippen molar-refractivity contribution in [2.24, 2.45) is 0 Å². The second-order valence-electron chi connectivity index (χ2n) is 10.5. The van der Waals surface area contributed by atoms with Gasteiger partial charge in [0.25, 0.3) is 0 Å². The Morgan fingerprint density at radius 2 is 1.73 bits per heavy atom. The van der Waals surface area contributed by atoms with Gasteiger partial charge in [-0.3, -0.25) is 4.98 Å². The highest BCUT2D eigenvalue weighted by Gasteiger charge is 2.41. The lowest BCUT2D eigenvalue weighted by atomic mass is 9.84. The fourth-order valence-electron chi connectivity index (χ4n) is 4.45. The van der Waals surface area contributed by atoms with Crippen LogP contribution in [-0.4, -0.2) is 59.7 Å². The number of piperidine rings is 1. The van der Waals surface area contributed by atoms with Crippen molar-refractivity contribution >= 4 is 16.9 Å². The molecule has 0 saturated carbocycles. The first-order valence-electron chi connectivity index (χ1n) is 12.7. The standard InChI is InChI=1S/C27H28F4N6O3/c1-26(2,38)27(3,39)22-11-19-20(13-32-22)35-24(23(34-19)15-12-33-37(14-15)25(30)31)36-8-6-17(7-9-36)40-21-5-4-16(28)10-18(21)29/h4-5,10-14,17,25,38-39H,6-9H2,1-3H3. The third-order valence-electron chi connectivity index (χ3n) is 7.23. The monoisotopic (exact) mass is 560 g/mol. The van der Waals surface area contributed by atoms with Gasteiger partial charge in [-0.25, -0.2) is 23.4 Å². The van der Waals surface area contributed by atoms with Crippen LogP contribution in [0.15, 0.2) is 42.9 Å². The van der Waals surface area contributed by atoms with E-state index in [1.807, 2.05) is 4.90 Å². The number of nitrogens with zero attached hydrogens (tertiary/aromatic N) is 6. The summed E-state index contributed by atoms with van der Waals surface area (Å²) in [5.41, 5.74) is -1.74. The average Bonchev–Trinajstić information content (AvgIpc) is 3.40. The Hall–Kier alpha value is -3.84. The molecule has 1 saturated heterocycles. The quantitative estimate of drug-likeness (QED) is 0.316. The molecule has 4 aromatic rings. The first-order chi connectivity index (χ1) is 18.8. The molecule has 1 atom stereocenters. The van der Waals surface area contributed by atoms with Crippen LogP contribution in [0.25, 0.3) is 22.3 Å². The lowest BCUT2D eigenvalue weighted by Gasteiger charge is -2.35. The van der Waals surface area contributed by atoms with Gasteiger partial charge in [-0.05, 0) is 39.0 Å². The Labute approximate surface area is 227 Å². The molecule has 0 radical (unpaired) electrons. The smallest absolute Gasteiger partial charge is 0.333 e. The fourth-order valence-corrected chi connectivity index (χ4v) is 4.45. The van der Waals surface area contributed by atoms with Crippen LogP contribution in [-0.2, 0) is 5.60 Å². The van der Waals surface area contributed by atoms with Crippen molar-refractivity contribution in [3.8, 4) is 17.0 Å². The molecule has 5 rings (SSSR count). The van der Waals surface area contributed by atoms with Crippen molar-refractivity contribution in [2.45, 2.75) is 57.5 Å². The minimum absolute atomic E-state index is 0.0331. The van der Waals surface area contributed by atoms with E-state index in [9.17, 15) is 27.8 Å². The number of hydrogen-bond donors (Lipinski definition) is 2. The zero-order valence-electron chi connectivity index (χ0n) is 22.0. The maximum Gasteiger partial charge on any atom is 0.333 e. The number of halogens is 4. The van der Waals surface area contributed by atoms with Crippen molar-refractivity contribution in [1.82, 2.24) is 24.7 Å². The van der Waals surface area contributed by atoms with Gasteiger partial charge in [0.05, 0.1) is 29.2 Å². The number of aliphatic hydroxyl groups is 2. The molecule has 0 bridgehead atoms. The van der Waals surface area contributed by atoms with Gasteiger partial charge in [0, 0.05) is 43.8 Å². The summed E-state index contributed by atoms with van der Waals surface area (Å²) in [5, 5.41) is 25.1. The Bertz CT molecular complexity index is 1530. The van der Waals surface area contributed by atoms with Gasteiger partial charge < -0.3 is 19.8 Å². The van der Waals surface area contributed by atoms with Crippen LogP contribution >= 0.6 is 0 Å². The summed E-state index contributed by atoms with van der Waals surface area (Å²) in [4.78, 5) is 15.7. The lowest BCUT2D eigenvalue weighted by Crippen LogP contribution is -2.45. The third kappa shape index (κ3) is 5.30. The molecule has 3 aromatic heterocycles. The largest absolute Gasteiger partial charge is 0.487 e. The Balaban J connectivity index is 1.48. The summed E-state index contributed by atoms with van der Waals surface area (Å²) in [6.45, 7) is 2.36. The molecule has 1 aliphatic rings. The van der Waals surface area contributed by atoms with Gasteiger partial charge in [-0.1, -0.05) is 0 Å². The number of anilines is 1. The van der Waals surface area contributed by atoms with Crippen molar-refractivity contribution in [2.75, 3.05) is 18.0 Å². The van der Waals surface area contributed by atoms with Crippen molar-refractivity contribution in [1.29, 1.82) is 0 Å². The van der Waals surface area contributed by atoms with E-state index in [1.165, 1.54) is 51.5 Å². The van der Waals surface area contributed by atoms with Crippen LogP contribution in [0.1, 0.15) is 45.9 Å². The van der Waals surface area contributed by atoms with E-state index in [0.29, 0.717) is 58.7 Å². The number of alkyl halides is 2. The normalized spacial score (nSPS) is 16.5. The molecule has 212 valence electrons. The number of pyridine rings is 1. The Morgan fingerprint density at radius 1 is 1.00 bits per heavy atom. The molecule has 4 heterocycles. The first kappa shape index (κ1) is 27.7. The highest BCUT2D eigenvalue weighted by molar-refractivity contribution is 5.83. The molecule has 1 aliphatic heterocycles. The number of ether oxygens (including phenoxy) is 1. The van der Waals surface area contributed by atoms with Gasteiger partial charge in [0.1, 0.15) is 28.7 Å². The molecular weight excluding hydrogens is 532 g/mol. The summed E-state index contributed by atoms with van der Waals surface area (Å²) < 4.78 is 60.2. The SMILES string of the molecule is CC(C)(O)C(C)(O)c1cc2nc(-c3cnn(C(F)F)c3)c(N3CCC(Oc4ccc(F)cc4F)CC3)nc2cn1. The molecule has 40 heavy (non-hydrogen) atoms. The Kier molecular flexibility index (Phi) is 7.13. The zero-order chi connectivity index (χ0) is 28.8. The topological polar surface area (TPSA) is 109 Å². The molecule has 1 fully saturated rings. The summed E-state index contributed by atoms with van der Waals surface area (Å²) in [6, 6.07) is 4.65. The van der Waals surface area contributed by atoms with Crippen LogP contribution in [0.2, 0.25) is 0 Å². The molecule has 1 aromatic carbocycles. The number of aromatic nitrogens is 5. The van der Waals surface area contributed by atoms with Crippen LogP contribution in [0.5, 0.6) is 5.75 Å². The molecule has 2 N–H and O–H groups in total. The fraction of sp³-hybridized carbons (Fsp3) is 0.407. The van der Waals surface area contributed by atoms with E-state index >= 15 is 0 Å². The lowest BCUT2D eigenvalue weighted by molar-refractivity contribution is -0.127. The maximum absolute atomic E-state index is 14.1. The second-order valence-corrected chi connectivity index (χ2v) is 10.5. The van der Waals surface area contributed by atoms with Gasteiger partial charge >= 0.3 is 6.55 Å². The van der Waals surface area contributed by atoms with Gasteiger partial charge in [-0.15, -0.1) is 0 Å². The van der Waals surface area contributed by atoms with Crippen LogP contribution in [0, 0.1) is 11.6 Å². The molecule has 1 unspecified atom stereocenters. The molecule has 0 aliphatic carbocycles. The molecule has 13 heteroatoms. The van der Waals surface area contributed by atoms with Crippen LogP contribution in [0.4, 0.5) is 23.4 Å². The summed E-state index contributed by atoms with van der Waals surface area (Å²) in [7, 11) is 0. The third-order valence-corrected chi connectivity index (χ3v) is 7.23. The summed E-state index contributed by atoms with van der Waals surface area (Å²) in [5.74, 6) is -1.09. The minimum atomic E-state index is -2.84. The first-order valence-corrected chi connectivity index (χ1v) is 12.7. The highest BCUT2D eigenvalue weighted by atomic mass is 19.3. The van der Waals surface area contributed by atoms with Gasteiger partial charge in [0.15, 0.2) is 17.4 Å². The Morgan fingerprint density at radius 3 is 2.35 bits per heavy atom. The van der Waals surface area contributed by atoms with E-state index < -0.39 is 29.4 Å². The van der Waals surface area contributed by atoms with Crippen molar-refractivity contribution in [3.05, 3.63) is 60.2 Å². The average molecular weight is 561 g/mol. The van der Waals surface area contributed by atoms with E-state index in [1.54, 1.807) is 0 Å². The van der Waals surface area contributed by atoms with E-state index in [4.69, 9.17) is 14.7 Å². The number of fused-ring (bicyclic) bond motifs is 1. The van der Waals surface area contributed by atoms with Gasteiger partial charge in [-0.2, -0.15) is 13.9 Å². The van der Waals surface area contributed by atoms with Crippen LogP contribution in [0.3, 0.4) is 0 Å². The van der Waals surface area contributed by atoms with Crippen molar-refractivity contribution < 1.29 is 32.5 Å². The molecular formula is C27H28F4N6O3. The van der Waals surface area contributed by atoms with E-state index in [2.05, 4.69) is 10.1 Å². The second kappa shape index (κ2) is 10.3. The molecule has 0 spiro atoms. The summed E-state index contributed by atoms with van der Waals surface area (Å²) >= 11 is 0. The van der Waals surface area contributed by atoms with Crippen molar-refractivity contribution in [3.63, 3.8) is 0 Å². The highest BCUT2D eigenvalue weighted by Crippen LogP contribution is 2.35.